The van der Waals surface area contributed by atoms with Crippen LogP contribution in [0.1, 0.15) is 22.8 Å². The van der Waals surface area contributed by atoms with Crippen LogP contribution in [-0.2, 0) is 9.59 Å². The highest BCUT2D eigenvalue weighted by Gasteiger charge is 2.20. The maximum absolute atomic E-state index is 14.6. The SMILES string of the molecule is COc1cc(OC)c(NC(=O)C(C)Sc2ccc(NC(=O)/C(=C/c3c(F)cccc3Cl)NC(=O)c3ccccc3)cc2)cc1Cl. The highest BCUT2D eigenvalue weighted by Crippen LogP contribution is 2.36. The average Bonchev–Trinajstić information content (AvgIpc) is 3.03. The summed E-state index contributed by atoms with van der Waals surface area (Å²) < 4.78 is 25.1. The summed E-state index contributed by atoms with van der Waals surface area (Å²) in [4.78, 5) is 39.8. The number of anilines is 2. The van der Waals surface area contributed by atoms with Gasteiger partial charge in [-0.2, -0.15) is 0 Å². The first kappa shape index (κ1) is 33.4. The molecule has 12 heteroatoms. The molecule has 0 aromatic heterocycles. The quantitative estimate of drug-likeness (QED) is 0.112. The van der Waals surface area contributed by atoms with Crippen LogP contribution >= 0.6 is 35.0 Å². The molecule has 3 amide bonds. The fourth-order valence-corrected chi connectivity index (χ4v) is 5.33. The molecule has 0 radical (unpaired) electrons. The third-order valence-corrected chi connectivity index (χ3v) is 8.08. The number of hydrogen-bond acceptors (Lipinski definition) is 6. The zero-order chi connectivity index (χ0) is 32.5. The second-order valence-corrected chi connectivity index (χ2v) is 11.7. The highest BCUT2D eigenvalue weighted by atomic mass is 35.5. The van der Waals surface area contributed by atoms with Gasteiger partial charge in [0, 0.05) is 27.8 Å². The number of rotatable bonds is 11. The van der Waals surface area contributed by atoms with Gasteiger partial charge in [0.2, 0.25) is 5.91 Å². The second-order valence-electron chi connectivity index (χ2n) is 9.43. The Morgan fingerprint density at radius 1 is 0.844 bits per heavy atom. The van der Waals surface area contributed by atoms with Crippen molar-refractivity contribution in [3.05, 3.63) is 118 Å². The van der Waals surface area contributed by atoms with Gasteiger partial charge in [0.25, 0.3) is 11.8 Å². The maximum atomic E-state index is 14.6. The summed E-state index contributed by atoms with van der Waals surface area (Å²) >= 11 is 13.7. The van der Waals surface area contributed by atoms with E-state index in [0.29, 0.717) is 33.5 Å². The van der Waals surface area contributed by atoms with Crippen molar-refractivity contribution in [2.45, 2.75) is 17.1 Å². The number of carbonyl (C=O) groups excluding carboxylic acids is 3. The molecular formula is C33H28Cl2FN3O5S. The standard InChI is InChI=1S/C33H28Cl2FN3O5S/c1-19(31(40)38-27-17-25(35)29(43-2)18-30(27)44-3)45-22-14-12-21(13-15-22)37-33(42)28(16-23-24(34)10-7-11-26(23)36)39-32(41)20-8-5-4-6-9-20/h4-19H,1-3H3,(H,37,42)(H,38,40)(H,39,41)/b28-16-. The number of halogens is 3. The summed E-state index contributed by atoms with van der Waals surface area (Å²) in [6, 6.07) is 22.3. The molecule has 0 bridgehead atoms. The Morgan fingerprint density at radius 3 is 2.18 bits per heavy atom. The van der Waals surface area contributed by atoms with Crippen LogP contribution in [0.5, 0.6) is 11.5 Å². The molecule has 4 aromatic rings. The third kappa shape index (κ3) is 8.78. The topological polar surface area (TPSA) is 106 Å². The minimum atomic E-state index is -0.696. The van der Waals surface area contributed by atoms with Crippen LogP contribution in [0.25, 0.3) is 6.08 Å². The van der Waals surface area contributed by atoms with Gasteiger partial charge in [-0.15, -0.1) is 11.8 Å². The Balaban J connectivity index is 1.46. The van der Waals surface area contributed by atoms with E-state index in [-0.39, 0.29) is 22.2 Å². The number of amides is 3. The second kappa shape index (κ2) is 15.5. The molecule has 4 rings (SSSR count). The molecule has 0 fully saturated rings. The Kier molecular flexibility index (Phi) is 11.5. The van der Waals surface area contributed by atoms with Gasteiger partial charge in [0.15, 0.2) is 0 Å². The molecule has 0 saturated carbocycles. The Hall–Kier alpha value is -4.51. The minimum absolute atomic E-state index is 0.0498. The zero-order valence-electron chi connectivity index (χ0n) is 24.3. The van der Waals surface area contributed by atoms with E-state index in [4.69, 9.17) is 32.7 Å². The minimum Gasteiger partial charge on any atom is -0.495 e. The van der Waals surface area contributed by atoms with Crippen LogP contribution in [0.4, 0.5) is 15.8 Å². The molecule has 0 aliphatic rings. The van der Waals surface area contributed by atoms with E-state index in [1.54, 1.807) is 73.7 Å². The smallest absolute Gasteiger partial charge is 0.272 e. The Labute approximate surface area is 273 Å². The van der Waals surface area contributed by atoms with Gasteiger partial charge in [-0.05, 0) is 67.6 Å². The summed E-state index contributed by atoms with van der Waals surface area (Å²) in [7, 11) is 2.96. The van der Waals surface area contributed by atoms with Gasteiger partial charge in [-0.3, -0.25) is 14.4 Å². The van der Waals surface area contributed by atoms with Crippen LogP contribution < -0.4 is 25.4 Å². The summed E-state index contributed by atoms with van der Waals surface area (Å²) in [6.07, 6.45) is 1.18. The lowest BCUT2D eigenvalue weighted by Gasteiger charge is -2.16. The number of thioether (sulfide) groups is 1. The normalized spacial score (nSPS) is 11.7. The number of methoxy groups -OCH3 is 2. The van der Waals surface area contributed by atoms with Crippen LogP contribution in [-0.4, -0.2) is 37.2 Å². The van der Waals surface area contributed by atoms with Gasteiger partial charge < -0.3 is 25.4 Å². The van der Waals surface area contributed by atoms with E-state index in [1.165, 1.54) is 50.3 Å². The molecule has 232 valence electrons. The van der Waals surface area contributed by atoms with E-state index in [2.05, 4.69) is 16.0 Å². The van der Waals surface area contributed by atoms with Crippen molar-refractivity contribution < 1.29 is 28.2 Å². The predicted molar refractivity (Wildman–Crippen MR) is 177 cm³/mol. The fraction of sp³-hybridized carbons (Fsp3) is 0.121. The van der Waals surface area contributed by atoms with Gasteiger partial charge in [0.1, 0.15) is 23.0 Å². The van der Waals surface area contributed by atoms with E-state index < -0.39 is 22.9 Å². The number of nitrogens with one attached hydrogen (secondary N) is 3. The lowest BCUT2D eigenvalue weighted by Crippen LogP contribution is -2.30. The first-order valence-corrected chi connectivity index (χ1v) is 15.1. The molecule has 1 atom stereocenters. The number of ether oxygens (including phenoxy) is 2. The maximum Gasteiger partial charge on any atom is 0.272 e. The van der Waals surface area contributed by atoms with Crippen molar-refractivity contribution in [2.24, 2.45) is 0 Å². The molecule has 0 aliphatic heterocycles. The molecule has 4 aromatic carbocycles. The highest BCUT2D eigenvalue weighted by molar-refractivity contribution is 8.00. The number of carbonyl (C=O) groups is 3. The van der Waals surface area contributed by atoms with Crippen molar-refractivity contribution in [1.82, 2.24) is 5.32 Å². The van der Waals surface area contributed by atoms with E-state index in [0.717, 1.165) is 4.90 Å². The number of hydrogen-bond donors (Lipinski definition) is 3. The lowest BCUT2D eigenvalue weighted by atomic mass is 10.1. The third-order valence-electron chi connectivity index (χ3n) is 6.34. The van der Waals surface area contributed by atoms with Crippen molar-refractivity contribution in [3.63, 3.8) is 0 Å². The van der Waals surface area contributed by atoms with Gasteiger partial charge in [-0.25, -0.2) is 4.39 Å². The van der Waals surface area contributed by atoms with Crippen molar-refractivity contribution in [1.29, 1.82) is 0 Å². The van der Waals surface area contributed by atoms with E-state index in [1.807, 2.05) is 0 Å². The van der Waals surface area contributed by atoms with Crippen molar-refractivity contribution >= 4 is 70.1 Å². The lowest BCUT2D eigenvalue weighted by molar-refractivity contribution is -0.115. The van der Waals surface area contributed by atoms with Crippen molar-refractivity contribution in [3.8, 4) is 11.5 Å². The van der Waals surface area contributed by atoms with Crippen LogP contribution in [0, 0.1) is 5.82 Å². The molecule has 0 spiro atoms. The summed E-state index contributed by atoms with van der Waals surface area (Å²) in [5.74, 6) is -1.38. The molecule has 0 saturated heterocycles. The van der Waals surface area contributed by atoms with Crippen molar-refractivity contribution in [2.75, 3.05) is 24.9 Å². The van der Waals surface area contributed by atoms with E-state index in [9.17, 15) is 18.8 Å². The van der Waals surface area contributed by atoms with Crippen LogP contribution in [0.3, 0.4) is 0 Å². The largest absolute Gasteiger partial charge is 0.495 e. The summed E-state index contributed by atoms with van der Waals surface area (Å²) in [6.45, 7) is 1.74. The first-order chi connectivity index (χ1) is 21.6. The Bertz CT molecular complexity index is 1720. The zero-order valence-corrected chi connectivity index (χ0v) is 26.6. The van der Waals surface area contributed by atoms with Gasteiger partial charge in [-0.1, -0.05) is 47.5 Å². The fourth-order valence-electron chi connectivity index (χ4n) is 4.00. The van der Waals surface area contributed by atoms with Gasteiger partial charge in [0.05, 0.1) is 35.2 Å². The molecule has 8 nitrogen and oxygen atoms in total. The van der Waals surface area contributed by atoms with E-state index >= 15 is 0 Å². The van der Waals surface area contributed by atoms with Crippen LogP contribution in [0.15, 0.2) is 95.5 Å². The van der Waals surface area contributed by atoms with Crippen LogP contribution in [0.2, 0.25) is 10.0 Å². The molecule has 0 heterocycles. The monoisotopic (exact) mass is 667 g/mol. The van der Waals surface area contributed by atoms with Gasteiger partial charge >= 0.3 is 0 Å². The average molecular weight is 669 g/mol. The summed E-state index contributed by atoms with van der Waals surface area (Å²) in [5, 5.41) is 7.97. The molecule has 3 N–H and O–H groups in total. The molecule has 0 aliphatic carbocycles. The molecule has 45 heavy (non-hydrogen) atoms. The molecule has 1 unspecified atom stereocenters. The molecular weight excluding hydrogens is 640 g/mol. The first-order valence-electron chi connectivity index (χ1n) is 13.4. The summed E-state index contributed by atoms with van der Waals surface area (Å²) in [5.41, 5.74) is 0.848. The predicted octanol–water partition coefficient (Wildman–Crippen LogP) is 7.68. The number of benzene rings is 4. The Morgan fingerprint density at radius 2 is 1.53 bits per heavy atom.